The van der Waals surface area contributed by atoms with Crippen LogP contribution < -0.4 is 0 Å². The molecule has 0 atom stereocenters. The molecule has 0 bridgehead atoms. The molecule has 19 heterocycles. The van der Waals surface area contributed by atoms with Crippen molar-refractivity contribution in [2.75, 3.05) is 0 Å². The standard InChI is InChI=1S/C13H13F3N2.C13H16N2.8C12H14N2/c1-12(2,3)9-7-8-5-4-6-17-11(8)18-10(9)13(14,15)16;1-9-5-6-11-10(7-9)12(13(2,3)4)15-8-14-11;1-12(2,3)10-4-7-14-11-5-6-13-8-9(10)11;1-12(2,3)10-5-7-14-11-8-13-6-4-9(10)11;1-12(2,3)11-7-6-9-10(14-11)5-4-8-13-9;1-12(2,3)11-9-5-4-7-13-10(9)6-8-14-11;1-12(2,3)10-6-8-14-11-9(10)5-4-7-13-11;1-12(2,3)9-7-11-10(14-8-9)5-4-6-13-11;1-12(2,3)10-8-13-7-9-5-4-6-14-11(9)10;1-12(2,3)10-7-9-5-4-6-13-11(9)14-8-10/h4-7H,1-3H3;5-8H,1-4H3;8*4-8H,1-3H3. The van der Waals surface area contributed by atoms with Crippen LogP contribution >= 0.6 is 0 Å². The smallest absolute Gasteiger partial charge is 0.264 e. The Labute approximate surface area is 853 Å². The third-order valence-electron chi connectivity index (χ3n) is 23.6. The Bertz CT molecular complexity index is 6940. The zero-order valence-electron chi connectivity index (χ0n) is 90.3. The molecule has 0 spiro atoms. The number of alkyl halides is 3. The maximum absolute atomic E-state index is 13.0. The number of fused-ring (bicyclic) bond motifs is 10. The Balaban J connectivity index is 0.000000154. The molecule has 20 rings (SSSR count). The van der Waals surface area contributed by atoms with Crippen molar-refractivity contribution in [3.05, 3.63) is 361 Å². The van der Waals surface area contributed by atoms with Crippen LogP contribution in [0.5, 0.6) is 0 Å². The first kappa shape index (κ1) is 111. The van der Waals surface area contributed by atoms with E-state index in [-0.39, 0.29) is 59.9 Å². The molecule has 0 amide bonds. The maximum atomic E-state index is 13.0. The zero-order chi connectivity index (χ0) is 106. The molecule has 23 heteroatoms. The average Bonchev–Trinajstić information content (AvgIpc) is 0.758. The second-order valence-corrected chi connectivity index (χ2v) is 46.2. The Kier molecular flexibility index (Phi) is 35.1. The van der Waals surface area contributed by atoms with Crippen molar-refractivity contribution >= 4 is 110 Å². The fourth-order valence-electron chi connectivity index (χ4n) is 15.8. The van der Waals surface area contributed by atoms with E-state index >= 15 is 0 Å². The summed E-state index contributed by atoms with van der Waals surface area (Å²) in [6.07, 6.45) is 31.7. The van der Waals surface area contributed by atoms with Crippen molar-refractivity contribution < 1.29 is 13.2 Å². The second kappa shape index (κ2) is 46.0. The predicted molar refractivity (Wildman–Crippen MR) is 592 cm³/mol. The van der Waals surface area contributed by atoms with Crippen LogP contribution in [0.4, 0.5) is 13.2 Å². The Morgan fingerprint density at radius 2 is 0.648 bits per heavy atom. The first-order valence-corrected chi connectivity index (χ1v) is 49.0. The van der Waals surface area contributed by atoms with Gasteiger partial charge in [0.1, 0.15) is 6.33 Å². The van der Waals surface area contributed by atoms with Crippen LogP contribution in [-0.4, -0.2) is 99.7 Å². The molecule has 1 aromatic carbocycles. The van der Waals surface area contributed by atoms with Crippen LogP contribution in [0.2, 0.25) is 0 Å². The number of hydrogen-bond donors (Lipinski definition) is 0. The normalized spacial score (nSPS) is 12.1. The summed E-state index contributed by atoms with van der Waals surface area (Å²) in [5, 5.41) is 8.68. The van der Waals surface area contributed by atoms with Gasteiger partial charge >= 0.3 is 6.18 Å². The number of rotatable bonds is 0. The van der Waals surface area contributed by atoms with Gasteiger partial charge in [-0.3, -0.25) is 59.8 Å². The highest BCUT2D eigenvalue weighted by Gasteiger charge is 2.39. The van der Waals surface area contributed by atoms with Crippen LogP contribution in [-0.2, 0) is 60.3 Å². The van der Waals surface area contributed by atoms with Crippen LogP contribution in [0, 0.1) is 6.92 Å². The van der Waals surface area contributed by atoms with Gasteiger partial charge in [-0.15, -0.1) is 0 Å². The van der Waals surface area contributed by atoms with Crippen molar-refractivity contribution in [2.45, 2.75) is 275 Å². The molecule has 20 nitrogen and oxygen atoms in total. The summed E-state index contributed by atoms with van der Waals surface area (Å²) < 4.78 is 39.0. The van der Waals surface area contributed by atoms with E-state index in [0.29, 0.717) is 5.39 Å². The molecule has 0 fully saturated rings. The number of aryl methyl sites for hydroxylation is 1. The minimum absolute atomic E-state index is 0.0645. The van der Waals surface area contributed by atoms with Gasteiger partial charge in [0.05, 0.1) is 67.2 Å². The van der Waals surface area contributed by atoms with Crippen LogP contribution in [0.1, 0.15) is 275 Å². The Morgan fingerprint density at radius 1 is 0.207 bits per heavy atom. The molecule has 19 aromatic heterocycles. The largest absolute Gasteiger partial charge is 0.433 e. The lowest BCUT2D eigenvalue weighted by atomic mass is 9.85. The summed E-state index contributed by atoms with van der Waals surface area (Å²) in [5.41, 5.74) is 22.7. The Hall–Kier alpha value is -14.6. The Morgan fingerprint density at radius 3 is 1.26 bits per heavy atom. The molecule has 0 saturated heterocycles. The summed E-state index contributed by atoms with van der Waals surface area (Å²) in [5.74, 6) is 0. The predicted octanol–water partition coefficient (Wildman–Crippen LogP) is 30.6. The SMILES string of the molecule is CC(C)(C)c1cc2cccnc2nc1C(F)(F)F.CC(C)(C)c1ccc2ncccc2n1.CC(C)(C)c1ccnc2ccncc12.CC(C)(C)c1ccnc2cnccc12.CC(C)(C)c1ccnc2ncccc12.CC(C)(C)c1cnc2cccnc2c1.CC(C)(C)c1cnc2ncccc2c1.CC(C)(C)c1cncc2cccnc12.CC(C)(C)c1nccc2ncccc12.Cc1ccc2ncnc(C(C)(C)C)c2c1. The van der Waals surface area contributed by atoms with E-state index in [4.69, 9.17) is 0 Å². The lowest BCUT2D eigenvalue weighted by Crippen LogP contribution is -2.21. The number of benzene rings is 1. The van der Waals surface area contributed by atoms with Crippen molar-refractivity contribution in [1.82, 2.24) is 99.7 Å². The topological polar surface area (TPSA) is 258 Å². The maximum Gasteiger partial charge on any atom is 0.433 e. The number of aromatic nitrogens is 20. The number of nitrogens with zero attached hydrogens (tertiary/aromatic N) is 20. The molecule has 0 aliphatic carbocycles. The molecule has 20 aromatic rings. The summed E-state index contributed by atoms with van der Waals surface area (Å²) in [4.78, 5) is 85.0. The molecule has 145 heavy (non-hydrogen) atoms. The fourth-order valence-corrected chi connectivity index (χ4v) is 15.8. The van der Waals surface area contributed by atoms with E-state index in [1.54, 1.807) is 70.2 Å². The van der Waals surface area contributed by atoms with Crippen molar-refractivity contribution in [1.29, 1.82) is 0 Å². The fraction of sp³-hybridized carbons (Fsp3) is 0.344. The number of halogens is 3. The third kappa shape index (κ3) is 30.5. The minimum Gasteiger partial charge on any atom is -0.264 e. The van der Waals surface area contributed by atoms with E-state index in [1.165, 1.54) is 62.0 Å². The summed E-state index contributed by atoms with van der Waals surface area (Å²) >= 11 is 0. The molecule has 0 N–H and O–H groups in total. The summed E-state index contributed by atoms with van der Waals surface area (Å²) in [6.45, 7) is 66.3. The monoisotopic (exact) mass is 1940 g/mol. The highest BCUT2D eigenvalue weighted by Crippen LogP contribution is 2.40. The van der Waals surface area contributed by atoms with Gasteiger partial charge in [0.15, 0.2) is 22.6 Å². The highest BCUT2D eigenvalue weighted by molar-refractivity contribution is 5.87. The van der Waals surface area contributed by atoms with Gasteiger partial charge in [-0.1, -0.05) is 219 Å². The van der Waals surface area contributed by atoms with Gasteiger partial charge in [-0.05, 0) is 242 Å². The molecule has 0 unspecified atom stereocenters. The van der Waals surface area contributed by atoms with E-state index in [9.17, 15) is 13.2 Å². The van der Waals surface area contributed by atoms with Gasteiger partial charge in [0, 0.05) is 182 Å². The molecular weight excluding hydrogens is 1800 g/mol. The zero-order valence-corrected chi connectivity index (χ0v) is 90.3. The summed E-state index contributed by atoms with van der Waals surface area (Å²) in [7, 11) is 0. The first-order valence-electron chi connectivity index (χ1n) is 49.0. The van der Waals surface area contributed by atoms with E-state index in [2.05, 4.69) is 360 Å². The number of hydrogen-bond acceptors (Lipinski definition) is 20. The highest BCUT2D eigenvalue weighted by atomic mass is 19.4. The molecule has 0 aliphatic heterocycles. The van der Waals surface area contributed by atoms with Gasteiger partial charge in [0.2, 0.25) is 0 Å². The molecule has 0 aliphatic rings. The van der Waals surface area contributed by atoms with Crippen LogP contribution in [0.15, 0.2) is 294 Å². The van der Waals surface area contributed by atoms with Crippen molar-refractivity contribution in [3.63, 3.8) is 0 Å². The molecule has 750 valence electrons. The van der Waals surface area contributed by atoms with E-state index in [1.807, 2.05) is 165 Å². The van der Waals surface area contributed by atoms with Crippen molar-refractivity contribution in [2.24, 2.45) is 0 Å². The quantitative estimate of drug-likeness (QED) is 0.137. The average molecular weight is 1940 g/mol. The van der Waals surface area contributed by atoms with Crippen LogP contribution in [0.25, 0.3) is 110 Å². The minimum atomic E-state index is -4.46. The van der Waals surface area contributed by atoms with Gasteiger partial charge < -0.3 is 0 Å². The van der Waals surface area contributed by atoms with Crippen LogP contribution in [0.3, 0.4) is 0 Å². The molecule has 0 saturated carbocycles. The van der Waals surface area contributed by atoms with Gasteiger partial charge in [-0.25, -0.2) is 39.9 Å². The first-order chi connectivity index (χ1) is 67.8. The number of pyridine rings is 18. The van der Waals surface area contributed by atoms with Gasteiger partial charge in [0.25, 0.3) is 0 Å². The van der Waals surface area contributed by atoms with Crippen molar-refractivity contribution in [3.8, 4) is 0 Å². The van der Waals surface area contributed by atoms with E-state index in [0.717, 1.165) is 105 Å². The second-order valence-electron chi connectivity index (χ2n) is 46.2. The lowest BCUT2D eigenvalue weighted by molar-refractivity contribution is -0.142. The molecular formula is C122H141F3N20. The van der Waals surface area contributed by atoms with Gasteiger partial charge in [-0.2, -0.15) is 13.2 Å². The van der Waals surface area contributed by atoms with E-state index < -0.39 is 17.3 Å². The molecule has 0 radical (unpaired) electrons. The lowest BCUT2D eigenvalue weighted by Gasteiger charge is -2.23. The summed E-state index contributed by atoms with van der Waals surface area (Å²) in [6, 6.07) is 55.6. The third-order valence-corrected chi connectivity index (χ3v) is 23.6.